The Bertz CT molecular complexity index is 589. The van der Waals surface area contributed by atoms with Gasteiger partial charge in [0.15, 0.2) is 0 Å². The van der Waals surface area contributed by atoms with Crippen molar-refractivity contribution in [1.29, 1.82) is 0 Å². The molecule has 1 aromatic carbocycles. The Morgan fingerprint density at radius 2 is 2.12 bits per heavy atom. The third-order valence-corrected chi connectivity index (χ3v) is 4.85. The van der Waals surface area contributed by atoms with Gasteiger partial charge in [-0.25, -0.2) is 0 Å². The quantitative estimate of drug-likeness (QED) is 0.862. The van der Waals surface area contributed by atoms with E-state index in [2.05, 4.69) is 0 Å². The molecule has 6 heteroatoms. The summed E-state index contributed by atoms with van der Waals surface area (Å²) in [6, 6.07) is 7.83. The van der Waals surface area contributed by atoms with E-state index in [9.17, 15) is 9.90 Å². The molecule has 2 heterocycles. The molecule has 0 radical (unpaired) electrons. The summed E-state index contributed by atoms with van der Waals surface area (Å²) in [6.07, 6.45) is 1.56. The van der Waals surface area contributed by atoms with E-state index in [0.717, 1.165) is 24.3 Å². The van der Waals surface area contributed by atoms with Gasteiger partial charge in [-0.05, 0) is 44.0 Å². The van der Waals surface area contributed by atoms with Crippen molar-refractivity contribution < 1.29 is 19.4 Å². The molecule has 2 aliphatic heterocycles. The van der Waals surface area contributed by atoms with E-state index >= 15 is 0 Å². The number of rotatable bonds is 5. The fourth-order valence-electron chi connectivity index (χ4n) is 3.49. The van der Waals surface area contributed by atoms with Crippen LogP contribution in [-0.4, -0.2) is 79.0 Å². The number of likely N-dealkylation sites (tertiary alicyclic amines) is 1. The summed E-state index contributed by atoms with van der Waals surface area (Å²) in [7, 11) is 0. The van der Waals surface area contributed by atoms with Crippen LogP contribution < -0.4 is 4.74 Å². The number of carbonyl (C=O) groups is 1. The zero-order valence-electron chi connectivity index (χ0n) is 14.9. The lowest BCUT2D eigenvalue weighted by atomic mass is 9.93. The Morgan fingerprint density at radius 3 is 2.88 bits per heavy atom. The van der Waals surface area contributed by atoms with Crippen LogP contribution in [0.1, 0.15) is 18.4 Å². The van der Waals surface area contributed by atoms with Gasteiger partial charge in [-0.3, -0.25) is 9.69 Å². The van der Waals surface area contributed by atoms with Gasteiger partial charge in [-0.1, -0.05) is 12.1 Å². The van der Waals surface area contributed by atoms with Gasteiger partial charge in [0.05, 0.1) is 19.8 Å². The number of benzene rings is 1. The maximum absolute atomic E-state index is 12.4. The first kappa shape index (κ1) is 18.2. The van der Waals surface area contributed by atoms with Gasteiger partial charge in [0, 0.05) is 19.6 Å². The van der Waals surface area contributed by atoms with Crippen LogP contribution in [0.5, 0.6) is 5.75 Å². The molecular weight excluding hydrogens is 320 g/mol. The molecule has 2 fully saturated rings. The summed E-state index contributed by atoms with van der Waals surface area (Å²) in [5, 5.41) is 10.9. The van der Waals surface area contributed by atoms with Crippen molar-refractivity contribution in [3.8, 4) is 5.75 Å². The fourth-order valence-corrected chi connectivity index (χ4v) is 3.49. The highest BCUT2D eigenvalue weighted by Crippen LogP contribution is 2.23. The number of hydrogen-bond acceptors (Lipinski definition) is 5. The summed E-state index contributed by atoms with van der Waals surface area (Å²) in [6.45, 7) is 6.46. The molecule has 6 nitrogen and oxygen atoms in total. The summed E-state index contributed by atoms with van der Waals surface area (Å²) in [4.78, 5) is 16.3. The second kappa shape index (κ2) is 8.17. The largest absolute Gasteiger partial charge is 0.491 e. The van der Waals surface area contributed by atoms with Gasteiger partial charge in [0.2, 0.25) is 5.91 Å². The molecule has 25 heavy (non-hydrogen) atoms. The predicted molar refractivity (Wildman–Crippen MR) is 94.7 cm³/mol. The van der Waals surface area contributed by atoms with E-state index in [1.807, 2.05) is 41.0 Å². The molecule has 3 rings (SSSR count). The smallest absolute Gasteiger partial charge is 0.236 e. The van der Waals surface area contributed by atoms with Crippen molar-refractivity contribution in [3.63, 3.8) is 0 Å². The van der Waals surface area contributed by atoms with Crippen LogP contribution in [0.4, 0.5) is 0 Å². The number of amides is 1. The number of ether oxygens (including phenoxy) is 2. The second-order valence-electron chi connectivity index (χ2n) is 7.14. The Kier molecular flexibility index (Phi) is 5.93. The van der Waals surface area contributed by atoms with E-state index in [4.69, 9.17) is 9.47 Å². The zero-order chi connectivity index (χ0) is 17.7. The van der Waals surface area contributed by atoms with Crippen molar-refractivity contribution in [2.45, 2.75) is 25.4 Å². The Labute approximate surface area is 149 Å². The van der Waals surface area contributed by atoms with E-state index in [1.165, 1.54) is 0 Å². The number of piperidine rings is 1. The molecule has 2 saturated heterocycles. The number of nitrogens with zero attached hydrogens (tertiary/aromatic N) is 2. The van der Waals surface area contributed by atoms with Gasteiger partial charge in [0.1, 0.15) is 18.0 Å². The molecule has 1 amide bonds. The first-order valence-corrected chi connectivity index (χ1v) is 9.04. The van der Waals surface area contributed by atoms with Crippen LogP contribution >= 0.6 is 0 Å². The third kappa shape index (κ3) is 5.17. The minimum Gasteiger partial charge on any atom is -0.491 e. The highest BCUT2D eigenvalue weighted by Gasteiger charge is 2.35. The van der Waals surface area contributed by atoms with Crippen LogP contribution in [0.3, 0.4) is 0 Å². The first-order chi connectivity index (χ1) is 12.0. The molecular formula is C19H28N2O4. The van der Waals surface area contributed by atoms with Crippen LogP contribution in [0.25, 0.3) is 0 Å². The number of β-amino-alcohol motifs (C(OH)–C–C–N with tert-alkyl or cyclic N) is 1. The van der Waals surface area contributed by atoms with Gasteiger partial charge in [-0.2, -0.15) is 0 Å². The standard InChI is InChI=1S/C19H28N2O4/c1-16-4-2-5-17(12-16)25-15-19(23)6-3-7-20(14-19)13-18(22)21-8-10-24-11-9-21/h2,4-5,12,23H,3,6-11,13-15H2,1H3/t19-/m0/s1. The molecule has 138 valence electrons. The maximum Gasteiger partial charge on any atom is 0.236 e. The van der Waals surface area contributed by atoms with E-state index < -0.39 is 5.60 Å². The number of carbonyl (C=O) groups excluding carboxylic acids is 1. The minimum absolute atomic E-state index is 0.118. The second-order valence-corrected chi connectivity index (χ2v) is 7.14. The summed E-state index contributed by atoms with van der Waals surface area (Å²) in [5.41, 5.74) is 0.221. The van der Waals surface area contributed by atoms with Crippen LogP contribution in [-0.2, 0) is 9.53 Å². The number of hydrogen-bond donors (Lipinski definition) is 1. The molecule has 0 bridgehead atoms. The average molecular weight is 348 g/mol. The third-order valence-electron chi connectivity index (χ3n) is 4.85. The van der Waals surface area contributed by atoms with E-state index in [1.54, 1.807) is 0 Å². The summed E-state index contributed by atoms with van der Waals surface area (Å²) in [5.74, 6) is 0.891. The lowest BCUT2D eigenvalue weighted by Gasteiger charge is -2.39. The monoisotopic (exact) mass is 348 g/mol. The molecule has 1 atom stereocenters. The van der Waals surface area contributed by atoms with Crippen molar-refractivity contribution in [2.24, 2.45) is 0 Å². The van der Waals surface area contributed by atoms with Crippen molar-refractivity contribution in [2.75, 3.05) is 52.5 Å². The van der Waals surface area contributed by atoms with Crippen LogP contribution in [0.2, 0.25) is 0 Å². The van der Waals surface area contributed by atoms with Crippen LogP contribution in [0.15, 0.2) is 24.3 Å². The Balaban J connectivity index is 1.51. The lowest BCUT2D eigenvalue weighted by Crippen LogP contribution is -2.54. The summed E-state index contributed by atoms with van der Waals surface area (Å²) < 4.78 is 11.1. The average Bonchev–Trinajstić information content (AvgIpc) is 2.61. The molecule has 0 unspecified atom stereocenters. The lowest BCUT2D eigenvalue weighted by molar-refractivity contribution is -0.138. The number of aliphatic hydroxyl groups is 1. The van der Waals surface area contributed by atoms with E-state index in [0.29, 0.717) is 45.8 Å². The molecule has 0 saturated carbocycles. The predicted octanol–water partition coefficient (Wildman–Crippen LogP) is 1.06. The first-order valence-electron chi connectivity index (χ1n) is 9.04. The van der Waals surface area contributed by atoms with Crippen molar-refractivity contribution in [1.82, 2.24) is 9.80 Å². The maximum atomic E-state index is 12.4. The van der Waals surface area contributed by atoms with Crippen molar-refractivity contribution >= 4 is 5.91 Å². The molecule has 0 spiro atoms. The van der Waals surface area contributed by atoms with Gasteiger partial charge < -0.3 is 19.5 Å². The zero-order valence-corrected chi connectivity index (χ0v) is 14.9. The SMILES string of the molecule is Cc1cccc(OC[C@]2(O)CCCN(CC(=O)N3CCOCC3)C2)c1. The highest BCUT2D eigenvalue weighted by atomic mass is 16.5. The highest BCUT2D eigenvalue weighted by molar-refractivity contribution is 5.78. The molecule has 1 N–H and O–H groups in total. The normalized spacial score (nSPS) is 25.0. The Morgan fingerprint density at radius 1 is 1.32 bits per heavy atom. The van der Waals surface area contributed by atoms with Crippen LogP contribution in [0, 0.1) is 6.92 Å². The molecule has 2 aliphatic rings. The fraction of sp³-hybridized carbons (Fsp3) is 0.632. The summed E-state index contributed by atoms with van der Waals surface area (Å²) >= 11 is 0. The Hall–Kier alpha value is -1.63. The molecule has 0 aromatic heterocycles. The van der Waals surface area contributed by atoms with Gasteiger partial charge in [0.25, 0.3) is 0 Å². The van der Waals surface area contributed by atoms with Gasteiger partial charge in [-0.15, -0.1) is 0 Å². The molecule has 1 aromatic rings. The van der Waals surface area contributed by atoms with Crippen molar-refractivity contribution in [3.05, 3.63) is 29.8 Å². The van der Waals surface area contributed by atoms with Gasteiger partial charge >= 0.3 is 0 Å². The minimum atomic E-state index is -0.909. The number of aryl methyl sites for hydroxylation is 1. The molecule has 0 aliphatic carbocycles. The number of morpholine rings is 1. The topological polar surface area (TPSA) is 62.2 Å². The van der Waals surface area contributed by atoms with E-state index in [-0.39, 0.29) is 12.5 Å².